The van der Waals surface area contributed by atoms with Crippen molar-refractivity contribution in [3.8, 4) is 0 Å². The highest BCUT2D eigenvalue weighted by molar-refractivity contribution is 6.33. The molecular formula is C19H28ClN3O. The van der Waals surface area contributed by atoms with Gasteiger partial charge in [0, 0.05) is 26.7 Å². The van der Waals surface area contributed by atoms with Crippen LogP contribution in [0.15, 0.2) is 18.2 Å². The SMILES string of the molecule is CN(C)C(=O)c1ccc(C[C@@H]2CCN(C3CCNCC3)C2)cc1Cl. The zero-order chi connectivity index (χ0) is 17.1. The summed E-state index contributed by atoms with van der Waals surface area (Å²) in [7, 11) is 3.50. The number of rotatable bonds is 4. The van der Waals surface area contributed by atoms with Gasteiger partial charge in [-0.05, 0) is 68.9 Å². The lowest BCUT2D eigenvalue weighted by molar-refractivity contribution is 0.0828. The molecule has 2 aliphatic rings. The van der Waals surface area contributed by atoms with Crippen molar-refractivity contribution < 1.29 is 4.79 Å². The molecule has 1 amide bonds. The summed E-state index contributed by atoms with van der Waals surface area (Å²) < 4.78 is 0. The quantitative estimate of drug-likeness (QED) is 0.907. The van der Waals surface area contributed by atoms with E-state index in [0.717, 1.165) is 25.6 Å². The van der Waals surface area contributed by atoms with Gasteiger partial charge in [-0.15, -0.1) is 0 Å². The molecule has 1 aromatic rings. The maximum atomic E-state index is 12.1. The molecule has 1 N–H and O–H groups in total. The highest BCUT2D eigenvalue weighted by Gasteiger charge is 2.29. The van der Waals surface area contributed by atoms with Gasteiger partial charge in [0.1, 0.15) is 0 Å². The number of nitrogens with zero attached hydrogens (tertiary/aromatic N) is 2. The predicted molar refractivity (Wildman–Crippen MR) is 98.7 cm³/mol. The third kappa shape index (κ3) is 4.11. The van der Waals surface area contributed by atoms with Crippen molar-refractivity contribution in [2.24, 2.45) is 5.92 Å². The predicted octanol–water partition coefficient (Wildman–Crippen LogP) is 2.66. The van der Waals surface area contributed by atoms with Gasteiger partial charge < -0.3 is 10.2 Å². The zero-order valence-corrected chi connectivity index (χ0v) is 15.5. The van der Waals surface area contributed by atoms with Crippen LogP contribution in [-0.2, 0) is 6.42 Å². The molecule has 3 rings (SSSR count). The average molecular weight is 350 g/mol. The molecule has 0 unspecified atom stereocenters. The molecule has 1 aromatic carbocycles. The van der Waals surface area contributed by atoms with Gasteiger partial charge in [-0.1, -0.05) is 17.7 Å². The molecule has 2 aliphatic heterocycles. The summed E-state index contributed by atoms with van der Waals surface area (Å²) in [5.41, 5.74) is 1.83. The molecule has 1 atom stereocenters. The maximum absolute atomic E-state index is 12.1. The van der Waals surface area contributed by atoms with Crippen molar-refractivity contribution >= 4 is 17.5 Å². The third-order valence-electron chi connectivity index (χ3n) is 5.34. The van der Waals surface area contributed by atoms with Crippen LogP contribution in [0, 0.1) is 5.92 Å². The summed E-state index contributed by atoms with van der Waals surface area (Å²) in [6.45, 7) is 4.73. The first kappa shape index (κ1) is 17.7. The summed E-state index contributed by atoms with van der Waals surface area (Å²) in [5.74, 6) is 0.663. The van der Waals surface area contributed by atoms with Gasteiger partial charge in [0.15, 0.2) is 0 Å². The minimum absolute atomic E-state index is 0.0375. The van der Waals surface area contributed by atoms with E-state index in [0.29, 0.717) is 16.5 Å². The van der Waals surface area contributed by atoms with Crippen LogP contribution >= 0.6 is 11.6 Å². The Labute approximate surface area is 150 Å². The molecule has 0 aromatic heterocycles. The highest BCUT2D eigenvalue weighted by atomic mass is 35.5. The Kier molecular flexibility index (Phi) is 5.80. The van der Waals surface area contributed by atoms with E-state index in [2.05, 4.69) is 16.3 Å². The summed E-state index contributed by atoms with van der Waals surface area (Å²) in [4.78, 5) is 16.3. The molecule has 2 saturated heterocycles. The molecule has 0 spiro atoms. The minimum Gasteiger partial charge on any atom is -0.345 e. The molecule has 0 radical (unpaired) electrons. The van der Waals surface area contributed by atoms with E-state index in [9.17, 15) is 4.79 Å². The Bertz CT molecular complexity index is 584. The largest absolute Gasteiger partial charge is 0.345 e. The standard InChI is InChI=1S/C19H28ClN3O/c1-22(2)19(24)17-4-3-14(12-18(17)20)11-15-7-10-23(13-15)16-5-8-21-9-6-16/h3-4,12,15-16,21H,5-11,13H2,1-2H3/t15-/m0/s1. The number of hydrogen-bond acceptors (Lipinski definition) is 3. The fourth-order valence-electron chi connectivity index (χ4n) is 3.97. The summed E-state index contributed by atoms with van der Waals surface area (Å²) >= 11 is 6.34. The van der Waals surface area contributed by atoms with E-state index in [4.69, 9.17) is 11.6 Å². The second kappa shape index (κ2) is 7.85. The summed E-state index contributed by atoms with van der Waals surface area (Å²) in [5, 5.41) is 4.01. The van der Waals surface area contributed by atoms with Gasteiger partial charge in [-0.25, -0.2) is 0 Å². The van der Waals surface area contributed by atoms with Crippen LogP contribution in [0.4, 0.5) is 0 Å². The number of carbonyl (C=O) groups excluding carboxylic acids is 1. The maximum Gasteiger partial charge on any atom is 0.254 e. The van der Waals surface area contributed by atoms with Gasteiger partial charge in [-0.3, -0.25) is 9.69 Å². The Hall–Kier alpha value is -1.10. The Morgan fingerprint density at radius 1 is 1.29 bits per heavy atom. The van der Waals surface area contributed by atoms with Gasteiger partial charge in [0.2, 0.25) is 0 Å². The Morgan fingerprint density at radius 3 is 2.71 bits per heavy atom. The summed E-state index contributed by atoms with van der Waals surface area (Å²) in [6, 6.07) is 6.68. The van der Waals surface area contributed by atoms with Gasteiger partial charge in [-0.2, -0.15) is 0 Å². The van der Waals surface area contributed by atoms with Crippen LogP contribution in [-0.4, -0.2) is 62.0 Å². The number of halogens is 1. The number of nitrogens with one attached hydrogen (secondary N) is 1. The van der Waals surface area contributed by atoms with Crippen LogP contribution in [0.1, 0.15) is 35.2 Å². The van der Waals surface area contributed by atoms with Crippen LogP contribution in [0.25, 0.3) is 0 Å². The normalized spacial score (nSPS) is 22.7. The highest BCUT2D eigenvalue weighted by Crippen LogP contribution is 2.27. The molecule has 2 heterocycles. The lowest BCUT2D eigenvalue weighted by atomic mass is 9.97. The molecule has 4 nitrogen and oxygen atoms in total. The average Bonchev–Trinajstić information content (AvgIpc) is 3.03. The van der Waals surface area contributed by atoms with E-state index >= 15 is 0 Å². The number of amides is 1. The minimum atomic E-state index is -0.0375. The van der Waals surface area contributed by atoms with E-state index in [1.54, 1.807) is 19.0 Å². The number of hydrogen-bond donors (Lipinski definition) is 1. The fourth-order valence-corrected chi connectivity index (χ4v) is 4.25. The van der Waals surface area contributed by atoms with Crippen molar-refractivity contribution in [2.75, 3.05) is 40.3 Å². The Morgan fingerprint density at radius 2 is 2.04 bits per heavy atom. The van der Waals surface area contributed by atoms with Gasteiger partial charge in [0.25, 0.3) is 5.91 Å². The van der Waals surface area contributed by atoms with Crippen molar-refractivity contribution in [2.45, 2.75) is 31.7 Å². The molecule has 0 bridgehead atoms. The van der Waals surface area contributed by atoms with Crippen LogP contribution in [0.3, 0.4) is 0 Å². The molecule has 24 heavy (non-hydrogen) atoms. The molecule has 2 fully saturated rings. The molecule has 0 saturated carbocycles. The molecule has 132 valence electrons. The first-order valence-corrected chi connectivity index (χ1v) is 9.37. The van der Waals surface area contributed by atoms with Crippen LogP contribution in [0.5, 0.6) is 0 Å². The van der Waals surface area contributed by atoms with E-state index in [1.165, 1.54) is 37.9 Å². The lowest BCUT2D eigenvalue weighted by Gasteiger charge is -2.31. The molecular weight excluding hydrogens is 322 g/mol. The number of benzene rings is 1. The number of carbonyl (C=O) groups is 1. The molecule has 0 aliphatic carbocycles. The summed E-state index contributed by atoms with van der Waals surface area (Å²) in [6.07, 6.45) is 4.87. The Balaban J connectivity index is 1.58. The number of likely N-dealkylation sites (tertiary alicyclic amines) is 1. The third-order valence-corrected chi connectivity index (χ3v) is 5.65. The van der Waals surface area contributed by atoms with Crippen molar-refractivity contribution in [3.05, 3.63) is 34.3 Å². The smallest absolute Gasteiger partial charge is 0.254 e. The molecule has 5 heteroatoms. The first-order valence-electron chi connectivity index (χ1n) is 8.99. The van der Waals surface area contributed by atoms with E-state index in [-0.39, 0.29) is 5.91 Å². The zero-order valence-electron chi connectivity index (χ0n) is 14.7. The van der Waals surface area contributed by atoms with Crippen molar-refractivity contribution in [1.29, 1.82) is 0 Å². The number of piperidine rings is 1. The van der Waals surface area contributed by atoms with E-state index in [1.807, 2.05) is 12.1 Å². The first-order chi connectivity index (χ1) is 11.5. The van der Waals surface area contributed by atoms with Crippen LogP contribution in [0.2, 0.25) is 5.02 Å². The lowest BCUT2D eigenvalue weighted by Crippen LogP contribution is -2.42. The van der Waals surface area contributed by atoms with Crippen molar-refractivity contribution in [3.63, 3.8) is 0 Å². The van der Waals surface area contributed by atoms with E-state index < -0.39 is 0 Å². The monoisotopic (exact) mass is 349 g/mol. The van der Waals surface area contributed by atoms with Gasteiger partial charge in [0.05, 0.1) is 10.6 Å². The topological polar surface area (TPSA) is 35.6 Å². The van der Waals surface area contributed by atoms with Gasteiger partial charge >= 0.3 is 0 Å². The second-order valence-electron chi connectivity index (χ2n) is 7.35. The second-order valence-corrected chi connectivity index (χ2v) is 7.76. The fraction of sp³-hybridized carbons (Fsp3) is 0.632. The van der Waals surface area contributed by atoms with Crippen LogP contribution < -0.4 is 5.32 Å². The van der Waals surface area contributed by atoms with Crippen molar-refractivity contribution in [1.82, 2.24) is 15.1 Å².